The zero-order valence-electron chi connectivity index (χ0n) is 14.1. The van der Waals surface area contributed by atoms with Crippen molar-refractivity contribution < 1.29 is 9.53 Å². The van der Waals surface area contributed by atoms with Crippen LogP contribution in [0.3, 0.4) is 0 Å². The molecular weight excluding hydrogens is 509 g/mol. The molecule has 26 heavy (non-hydrogen) atoms. The van der Waals surface area contributed by atoms with Crippen LogP contribution in [0.4, 0.5) is 11.6 Å². The van der Waals surface area contributed by atoms with Crippen LogP contribution in [0.2, 0.25) is 0 Å². The van der Waals surface area contributed by atoms with E-state index in [9.17, 15) is 4.79 Å². The Morgan fingerprint density at radius 3 is 2.62 bits per heavy atom. The summed E-state index contributed by atoms with van der Waals surface area (Å²) in [7, 11) is 1.34. The molecule has 7 heteroatoms. The first-order valence-corrected chi connectivity index (χ1v) is 9.59. The van der Waals surface area contributed by atoms with Gasteiger partial charge in [-0.1, -0.05) is 34.1 Å². The lowest BCUT2D eigenvalue weighted by Gasteiger charge is -2.12. The van der Waals surface area contributed by atoms with Crippen molar-refractivity contribution in [2.24, 2.45) is 0 Å². The van der Waals surface area contributed by atoms with Crippen molar-refractivity contribution >= 4 is 56.1 Å². The smallest absolute Gasteiger partial charge is 0.341 e. The van der Waals surface area contributed by atoms with Crippen LogP contribution in [0.25, 0.3) is 11.3 Å². The molecule has 132 valence electrons. The number of halogens is 2. The summed E-state index contributed by atoms with van der Waals surface area (Å²) in [5.74, 6) is -0.0550. The number of carbonyl (C=O) groups is 1. The molecule has 0 saturated carbocycles. The number of aryl methyl sites for hydroxylation is 1. The van der Waals surface area contributed by atoms with Crippen LogP contribution in [0, 0.1) is 10.5 Å². The van der Waals surface area contributed by atoms with Gasteiger partial charge >= 0.3 is 5.97 Å². The number of esters is 1. The van der Waals surface area contributed by atoms with E-state index in [2.05, 4.69) is 53.8 Å². The second-order valence-corrected chi connectivity index (χ2v) is 7.70. The average Bonchev–Trinajstić information content (AvgIpc) is 2.64. The Bertz CT molecular complexity index is 961. The highest BCUT2D eigenvalue weighted by molar-refractivity contribution is 14.1. The van der Waals surface area contributed by atoms with Crippen LogP contribution in [0.1, 0.15) is 15.9 Å². The topological polar surface area (TPSA) is 64.1 Å². The van der Waals surface area contributed by atoms with Crippen molar-refractivity contribution in [3.05, 3.63) is 67.8 Å². The minimum Gasteiger partial charge on any atom is -0.465 e. The van der Waals surface area contributed by atoms with Crippen LogP contribution in [-0.2, 0) is 4.74 Å². The minimum absolute atomic E-state index is 0.319. The molecule has 0 atom stereocenters. The van der Waals surface area contributed by atoms with E-state index in [0.717, 1.165) is 24.9 Å². The number of carbonyl (C=O) groups excluding carboxylic acids is 1. The fourth-order valence-electron chi connectivity index (χ4n) is 2.38. The monoisotopic (exact) mass is 523 g/mol. The molecule has 3 rings (SSSR count). The molecule has 1 heterocycles. The molecule has 0 bridgehead atoms. The first kappa shape index (κ1) is 18.8. The van der Waals surface area contributed by atoms with Gasteiger partial charge < -0.3 is 10.1 Å². The van der Waals surface area contributed by atoms with Gasteiger partial charge in [0.15, 0.2) is 0 Å². The van der Waals surface area contributed by atoms with E-state index in [1.165, 1.54) is 13.3 Å². The van der Waals surface area contributed by atoms with Crippen molar-refractivity contribution in [3.8, 4) is 11.3 Å². The fourth-order valence-corrected chi connectivity index (χ4v) is 3.13. The number of rotatable bonds is 4. The summed E-state index contributed by atoms with van der Waals surface area (Å²) in [5, 5.41) is 3.23. The van der Waals surface area contributed by atoms with Crippen LogP contribution < -0.4 is 5.32 Å². The summed E-state index contributed by atoms with van der Waals surface area (Å²) in [6.07, 6.45) is 1.49. The third-order valence-corrected chi connectivity index (χ3v) is 4.96. The highest BCUT2D eigenvalue weighted by Gasteiger charge is 2.17. The highest BCUT2D eigenvalue weighted by Crippen LogP contribution is 2.27. The van der Waals surface area contributed by atoms with Crippen molar-refractivity contribution in [1.82, 2.24) is 9.97 Å². The number of hydrogen-bond donors (Lipinski definition) is 1. The Morgan fingerprint density at radius 1 is 1.19 bits per heavy atom. The summed E-state index contributed by atoms with van der Waals surface area (Å²) in [6, 6.07) is 13.7. The molecule has 0 aliphatic rings. The SMILES string of the molecule is COC(=O)c1cnc(Nc2cc(I)ccc2C)nc1-c1ccc(Br)cc1. The van der Waals surface area contributed by atoms with E-state index in [0.29, 0.717) is 17.2 Å². The summed E-state index contributed by atoms with van der Waals surface area (Å²) < 4.78 is 6.92. The lowest BCUT2D eigenvalue weighted by Crippen LogP contribution is -2.08. The number of nitrogens with zero attached hydrogens (tertiary/aromatic N) is 2. The Hall–Kier alpha value is -2.00. The molecule has 2 aromatic carbocycles. The maximum Gasteiger partial charge on any atom is 0.341 e. The lowest BCUT2D eigenvalue weighted by atomic mass is 10.1. The first-order valence-electron chi connectivity index (χ1n) is 7.72. The van der Waals surface area contributed by atoms with E-state index in [1.807, 2.05) is 49.4 Å². The van der Waals surface area contributed by atoms with Gasteiger partial charge in [-0.15, -0.1) is 0 Å². The van der Waals surface area contributed by atoms with Crippen LogP contribution >= 0.6 is 38.5 Å². The van der Waals surface area contributed by atoms with Crippen molar-refractivity contribution in [2.45, 2.75) is 6.92 Å². The molecule has 0 aliphatic carbocycles. The molecule has 5 nitrogen and oxygen atoms in total. The molecule has 0 unspecified atom stereocenters. The quantitative estimate of drug-likeness (QED) is 0.369. The molecule has 1 aromatic heterocycles. The number of nitrogens with one attached hydrogen (secondary N) is 1. The van der Waals surface area contributed by atoms with Gasteiger partial charge in [0.2, 0.25) is 5.95 Å². The van der Waals surface area contributed by atoms with Crippen LogP contribution in [-0.4, -0.2) is 23.0 Å². The van der Waals surface area contributed by atoms with E-state index in [1.54, 1.807) is 0 Å². The van der Waals surface area contributed by atoms with Gasteiger partial charge in [0.05, 0.1) is 12.8 Å². The van der Waals surface area contributed by atoms with Crippen molar-refractivity contribution in [3.63, 3.8) is 0 Å². The number of methoxy groups -OCH3 is 1. The molecule has 0 aliphatic heterocycles. The number of ether oxygens (including phenoxy) is 1. The minimum atomic E-state index is -0.472. The van der Waals surface area contributed by atoms with E-state index in [-0.39, 0.29) is 0 Å². The van der Waals surface area contributed by atoms with Gasteiger partial charge in [0.1, 0.15) is 5.56 Å². The van der Waals surface area contributed by atoms with Gasteiger partial charge in [-0.05, 0) is 59.3 Å². The number of benzene rings is 2. The Morgan fingerprint density at radius 2 is 1.92 bits per heavy atom. The maximum atomic E-state index is 12.1. The summed E-state index contributed by atoms with van der Waals surface area (Å²) >= 11 is 5.67. The third kappa shape index (κ3) is 4.21. The fraction of sp³-hybridized carbons (Fsp3) is 0.105. The van der Waals surface area contributed by atoms with Gasteiger partial charge in [-0.3, -0.25) is 0 Å². The summed E-state index contributed by atoms with van der Waals surface area (Å²) in [4.78, 5) is 21.0. The van der Waals surface area contributed by atoms with Gasteiger partial charge in [0.25, 0.3) is 0 Å². The molecule has 0 fully saturated rings. The Labute approximate surface area is 173 Å². The Kier molecular flexibility index (Phi) is 5.87. The molecule has 3 aromatic rings. The predicted octanol–water partition coefficient (Wildman–Crippen LogP) is 5.35. The summed E-state index contributed by atoms with van der Waals surface area (Å²) in [6.45, 7) is 2.01. The molecular formula is C19H15BrIN3O2. The van der Waals surface area contributed by atoms with Crippen LogP contribution in [0.15, 0.2) is 53.1 Å². The third-order valence-electron chi connectivity index (χ3n) is 3.76. The molecule has 0 saturated heterocycles. The standard InChI is InChI=1S/C19H15BrIN3O2/c1-11-3-8-14(21)9-16(11)23-19-22-10-15(18(25)26-2)17(24-19)12-4-6-13(20)7-5-12/h3-10H,1-2H3,(H,22,23,24). The van der Waals surface area contributed by atoms with E-state index < -0.39 is 5.97 Å². The second kappa shape index (κ2) is 8.13. The zero-order valence-corrected chi connectivity index (χ0v) is 17.8. The number of anilines is 2. The van der Waals surface area contributed by atoms with Crippen molar-refractivity contribution in [1.29, 1.82) is 0 Å². The second-order valence-electron chi connectivity index (χ2n) is 5.54. The Balaban J connectivity index is 2.05. The maximum absolute atomic E-state index is 12.1. The molecule has 1 N–H and O–H groups in total. The zero-order chi connectivity index (χ0) is 18.7. The van der Waals surface area contributed by atoms with Gasteiger partial charge in [0, 0.05) is 25.5 Å². The largest absolute Gasteiger partial charge is 0.465 e. The van der Waals surface area contributed by atoms with Gasteiger partial charge in [-0.2, -0.15) is 0 Å². The van der Waals surface area contributed by atoms with Crippen LogP contribution in [0.5, 0.6) is 0 Å². The normalized spacial score (nSPS) is 10.5. The molecule has 0 radical (unpaired) electrons. The van der Waals surface area contributed by atoms with E-state index >= 15 is 0 Å². The van der Waals surface area contributed by atoms with E-state index in [4.69, 9.17) is 4.74 Å². The van der Waals surface area contributed by atoms with Gasteiger partial charge in [-0.25, -0.2) is 14.8 Å². The summed E-state index contributed by atoms with van der Waals surface area (Å²) in [5.41, 5.74) is 3.64. The number of hydrogen-bond acceptors (Lipinski definition) is 5. The predicted molar refractivity (Wildman–Crippen MR) is 114 cm³/mol. The lowest BCUT2D eigenvalue weighted by molar-refractivity contribution is 0.0601. The van der Waals surface area contributed by atoms with Crippen molar-refractivity contribution in [2.75, 3.05) is 12.4 Å². The first-order chi connectivity index (χ1) is 12.5. The highest BCUT2D eigenvalue weighted by atomic mass is 127. The number of aromatic nitrogens is 2. The molecule has 0 amide bonds. The average molecular weight is 524 g/mol. The molecule has 0 spiro atoms.